The van der Waals surface area contributed by atoms with Crippen molar-refractivity contribution in [1.29, 1.82) is 0 Å². The molecule has 0 aliphatic carbocycles. The Bertz CT molecular complexity index is 3430. The van der Waals surface area contributed by atoms with E-state index in [2.05, 4.69) is 47.8 Å². The van der Waals surface area contributed by atoms with Crippen molar-refractivity contribution < 1.29 is 38.2 Å². The predicted molar refractivity (Wildman–Crippen MR) is 297 cm³/mol. The van der Waals surface area contributed by atoms with Crippen LogP contribution in [0.1, 0.15) is 45.7 Å². The highest BCUT2D eigenvalue weighted by atomic mass is 79.9. The molecule has 0 radical (unpaired) electrons. The number of methoxy groups -OCH3 is 2. The van der Waals surface area contributed by atoms with Crippen LogP contribution in [0.25, 0.3) is 21.5 Å². The number of para-hydroxylation sites is 4. The van der Waals surface area contributed by atoms with Crippen LogP contribution in [0.5, 0.6) is 11.5 Å². The smallest absolute Gasteiger partial charge is 0.258 e. The summed E-state index contributed by atoms with van der Waals surface area (Å²) >= 11 is 7.13. The van der Waals surface area contributed by atoms with E-state index in [4.69, 9.17) is 15.2 Å². The molecule has 6 amide bonds. The summed E-state index contributed by atoms with van der Waals surface area (Å²) < 4.78 is 13.4. The number of amides is 6. The van der Waals surface area contributed by atoms with Gasteiger partial charge in [0.05, 0.1) is 75.2 Å². The van der Waals surface area contributed by atoms with Gasteiger partial charge in [-0.3, -0.25) is 28.8 Å². The lowest BCUT2D eigenvalue weighted by Gasteiger charge is -2.27. The summed E-state index contributed by atoms with van der Waals surface area (Å²) in [7, 11) is 4.75. The van der Waals surface area contributed by atoms with Crippen LogP contribution in [-0.4, -0.2) is 94.0 Å². The molecule has 0 spiro atoms. The maximum Gasteiger partial charge on any atom is 0.258 e. The van der Waals surface area contributed by atoms with E-state index in [1.165, 1.54) is 27.7 Å². The molecule has 2 heterocycles. The first-order valence-corrected chi connectivity index (χ1v) is 25.8. The molecule has 0 fully saturated rings. The maximum atomic E-state index is 15.3. The summed E-state index contributed by atoms with van der Waals surface area (Å²) in [5, 5.41) is 12.1. The molecule has 0 aromatic heterocycles. The number of fused-ring (bicyclic) bond motifs is 4. The SMILES string of the molecule is CNC(C)C(=O)NC1CN(C(=O)c2cccc(C(=O)N3CC(NC(=O)C(C)N)C(=O)N(Cc4c(OC)ccc5cc(Br)ccc45)c4ccccc43)c2)c2ccccc2N(Cc2c(OC)ccc3cc(Br)ccc23)C1=O. The van der Waals surface area contributed by atoms with Crippen LogP contribution in [0.4, 0.5) is 22.7 Å². The van der Waals surface area contributed by atoms with Crippen molar-refractivity contribution >= 4 is 112 Å². The lowest BCUT2D eigenvalue weighted by molar-refractivity contribution is -0.128. The van der Waals surface area contributed by atoms with E-state index in [1.807, 2.05) is 60.7 Å². The zero-order valence-corrected chi connectivity index (χ0v) is 44.9. The van der Waals surface area contributed by atoms with Crippen molar-refractivity contribution in [2.24, 2.45) is 5.73 Å². The van der Waals surface area contributed by atoms with Crippen LogP contribution in [0, 0.1) is 0 Å². The quantitative estimate of drug-likeness (QED) is 0.0883. The van der Waals surface area contributed by atoms with Crippen molar-refractivity contribution in [2.45, 2.75) is 51.1 Å². The van der Waals surface area contributed by atoms with Crippen molar-refractivity contribution in [3.63, 3.8) is 0 Å². The number of rotatable bonds is 13. The molecule has 2 aliphatic heterocycles. The molecule has 0 bridgehead atoms. The van der Waals surface area contributed by atoms with E-state index in [1.54, 1.807) is 99.8 Å². The van der Waals surface area contributed by atoms with Gasteiger partial charge in [-0.2, -0.15) is 0 Å². The highest BCUT2D eigenvalue weighted by Gasteiger charge is 2.40. The highest BCUT2D eigenvalue weighted by molar-refractivity contribution is 9.10. The van der Waals surface area contributed by atoms with Gasteiger partial charge in [-0.05, 0) is 121 Å². The largest absolute Gasteiger partial charge is 0.496 e. The Labute approximate surface area is 450 Å². The summed E-state index contributed by atoms with van der Waals surface area (Å²) in [4.78, 5) is 93.5. The Morgan fingerprint density at radius 2 is 1.01 bits per heavy atom. The number of ether oxygens (including phenoxy) is 2. The predicted octanol–water partition coefficient (Wildman–Crippen LogP) is 7.85. The van der Waals surface area contributed by atoms with Crippen molar-refractivity contribution in [1.82, 2.24) is 16.0 Å². The molecule has 16 nitrogen and oxygen atoms in total. The van der Waals surface area contributed by atoms with E-state index in [-0.39, 0.29) is 37.3 Å². The number of nitrogens with one attached hydrogen (secondary N) is 3. The zero-order valence-electron chi connectivity index (χ0n) is 41.7. The monoisotopic (exact) mass is 1140 g/mol. The number of nitrogens with zero attached hydrogens (tertiary/aromatic N) is 4. The Hall–Kier alpha value is -7.64. The molecule has 75 heavy (non-hydrogen) atoms. The summed E-state index contributed by atoms with van der Waals surface area (Å²) in [6, 6.07) is 35.2. The summed E-state index contributed by atoms with van der Waals surface area (Å²) in [6.45, 7) is 2.65. The second kappa shape index (κ2) is 22.1. The van der Waals surface area contributed by atoms with Gasteiger partial charge in [-0.15, -0.1) is 0 Å². The van der Waals surface area contributed by atoms with E-state index in [0.29, 0.717) is 45.4 Å². The molecule has 0 saturated carbocycles. The van der Waals surface area contributed by atoms with E-state index < -0.39 is 59.6 Å². The molecule has 5 N–H and O–H groups in total. The first-order chi connectivity index (χ1) is 36.1. The minimum atomic E-state index is -1.26. The van der Waals surface area contributed by atoms with Crippen molar-refractivity contribution in [3.8, 4) is 11.5 Å². The van der Waals surface area contributed by atoms with Gasteiger partial charge in [-0.1, -0.05) is 86.5 Å². The number of anilines is 4. The van der Waals surface area contributed by atoms with E-state index in [9.17, 15) is 14.4 Å². The molecule has 18 heteroatoms. The third-order valence-electron chi connectivity index (χ3n) is 13.7. The number of carbonyl (C=O) groups is 6. The second-order valence-corrected chi connectivity index (χ2v) is 20.2. The van der Waals surface area contributed by atoms with Gasteiger partial charge < -0.3 is 50.8 Å². The van der Waals surface area contributed by atoms with Gasteiger partial charge in [0.15, 0.2) is 0 Å². The number of benzene rings is 7. The van der Waals surface area contributed by atoms with E-state index in [0.717, 1.165) is 30.5 Å². The molecule has 7 aromatic carbocycles. The average Bonchev–Trinajstić information content (AvgIpc) is 3.62. The minimum absolute atomic E-state index is 0.00852. The van der Waals surface area contributed by atoms with E-state index >= 15 is 14.4 Å². The summed E-state index contributed by atoms with van der Waals surface area (Å²) in [5.41, 5.74) is 9.20. The Morgan fingerprint density at radius 3 is 1.43 bits per heavy atom. The fourth-order valence-corrected chi connectivity index (χ4v) is 10.4. The standard InChI is InChI=1S/C57H54Br2N8O8/c1-32(60)52(68)62-44-30-66(48-15-8-6-13-46(48)64(56(44)72)28-42-40-21-19-38(58)26-34(40)17-23-50(42)74-4)54(70)36-11-10-12-37(25-36)55(71)67-31-45(63-53(69)33(2)61-3)57(73)65(47-14-7-9-16-49(47)67)29-43-41-22-20-39(59)27-35(41)18-24-51(43)75-5/h6-27,32-33,44-45,61H,28-31,60H2,1-5H3,(H,62,68)(H,63,69). The first kappa shape index (κ1) is 52.2. The van der Waals surface area contributed by atoms with Gasteiger partial charge in [0.25, 0.3) is 23.6 Å². The highest BCUT2D eigenvalue weighted by Crippen LogP contribution is 2.41. The molecule has 2 aliphatic rings. The second-order valence-electron chi connectivity index (χ2n) is 18.4. The molecular weight excluding hydrogens is 1080 g/mol. The number of hydrogen-bond donors (Lipinski definition) is 4. The summed E-state index contributed by atoms with van der Waals surface area (Å²) in [5.74, 6) is -2.05. The first-order valence-electron chi connectivity index (χ1n) is 24.2. The van der Waals surface area contributed by atoms with Crippen LogP contribution in [0.2, 0.25) is 0 Å². The topological polar surface area (TPSA) is 196 Å². The molecule has 384 valence electrons. The fourth-order valence-electron chi connectivity index (χ4n) is 9.64. The number of nitrogens with two attached hydrogens (primary N) is 1. The molecule has 0 saturated heterocycles. The van der Waals surface area contributed by atoms with Gasteiger partial charge in [0.2, 0.25) is 11.8 Å². The molecule has 7 aromatic rings. The molecule has 4 unspecified atom stereocenters. The maximum absolute atomic E-state index is 15.3. The van der Waals surface area contributed by atoms with Gasteiger partial charge in [0, 0.05) is 31.2 Å². The number of likely N-dealkylation sites (N-methyl/N-ethyl adjacent to an activating group) is 1. The molecule has 4 atom stereocenters. The number of halogens is 2. The Kier molecular flexibility index (Phi) is 15.4. The van der Waals surface area contributed by atoms with Gasteiger partial charge in [-0.25, -0.2) is 0 Å². The number of carbonyl (C=O) groups excluding carboxylic acids is 6. The lowest BCUT2D eigenvalue weighted by Crippen LogP contribution is -2.55. The van der Waals surface area contributed by atoms with Crippen LogP contribution in [0.3, 0.4) is 0 Å². The van der Waals surface area contributed by atoms with Gasteiger partial charge in [0.1, 0.15) is 23.6 Å². The Balaban J connectivity index is 1.11. The van der Waals surface area contributed by atoms with Crippen LogP contribution >= 0.6 is 31.9 Å². The number of hydrogen-bond acceptors (Lipinski definition) is 10. The van der Waals surface area contributed by atoms with Crippen LogP contribution < -0.4 is 50.8 Å². The van der Waals surface area contributed by atoms with Crippen molar-refractivity contribution in [2.75, 3.05) is 54.0 Å². The molecule has 9 rings (SSSR count). The average molecular weight is 1140 g/mol. The third kappa shape index (κ3) is 10.4. The Morgan fingerprint density at radius 1 is 0.587 bits per heavy atom. The van der Waals surface area contributed by atoms with Crippen LogP contribution in [-0.2, 0) is 32.3 Å². The van der Waals surface area contributed by atoms with Gasteiger partial charge >= 0.3 is 0 Å². The minimum Gasteiger partial charge on any atom is -0.496 e. The third-order valence-corrected chi connectivity index (χ3v) is 14.7. The fraction of sp³-hybridized carbons (Fsp3) is 0.228. The molecular formula is C57H54Br2N8O8. The summed E-state index contributed by atoms with van der Waals surface area (Å²) in [6.07, 6.45) is 0. The van der Waals surface area contributed by atoms with Crippen LogP contribution in [0.15, 0.2) is 142 Å². The zero-order chi connectivity index (χ0) is 53.2. The lowest BCUT2D eigenvalue weighted by atomic mass is 10.0. The van der Waals surface area contributed by atoms with Crippen molar-refractivity contribution in [3.05, 3.63) is 165 Å². The normalized spacial score (nSPS) is 16.4.